The van der Waals surface area contributed by atoms with Crippen molar-refractivity contribution in [3.8, 4) is 11.5 Å². The van der Waals surface area contributed by atoms with E-state index in [2.05, 4.69) is 25.8 Å². The van der Waals surface area contributed by atoms with Crippen molar-refractivity contribution in [1.29, 1.82) is 0 Å². The molecule has 0 atom stereocenters. The third kappa shape index (κ3) is 8.50. The number of rotatable bonds is 10. The minimum absolute atomic E-state index is 0.0743. The number of aliphatic hydroxyl groups is 1. The van der Waals surface area contributed by atoms with E-state index < -0.39 is 23.2 Å². The van der Waals surface area contributed by atoms with Crippen LogP contribution in [0.4, 0.5) is 15.8 Å². The number of amides is 3. The molecule has 3 amide bonds. The average Bonchev–Trinajstić information content (AvgIpc) is 3.47. The van der Waals surface area contributed by atoms with Crippen LogP contribution >= 0.6 is 11.3 Å². The quantitative estimate of drug-likeness (QED) is 0.108. The molecular weight excluding hydrogens is 623 g/mol. The van der Waals surface area contributed by atoms with Gasteiger partial charge in [0.05, 0.1) is 20.7 Å². The molecule has 4 aromatic rings. The second-order valence-electron chi connectivity index (χ2n) is 11.9. The molecule has 0 unspecified atom stereocenters. The zero-order chi connectivity index (χ0) is 33.7. The molecule has 2 aromatic carbocycles. The summed E-state index contributed by atoms with van der Waals surface area (Å²) in [6, 6.07) is 15.9. The molecule has 1 saturated heterocycles. The molecule has 246 valence electrons. The lowest BCUT2D eigenvalue weighted by Gasteiger charge is -2.32. The van der Waals surface area contributed by atoms with Crippen molar-refractivity contribution in [2.45, 2.75) is 26.4 Å². The van der Waals surface area contributed by atoms with E-state index in [0.29, 0.717) is 39.6 Å². The number of fused-ring (bicyclic) bond motifs is 1. The monoisotopic (exact) mass is 660 g/mol. The fourth-order valence-electron chi connectivity index (χ4n) is 4.84. The fourth-order valence-corrected chi connectivity index (χ4v) is 5.87. The van der Waals surface area contributed by atoms with Gasteiger partial charge >= 0.3 is 0 Å². The van der Waals surface area contributed by atoms with Gasteiger partial charge in [0.25, 0.3) is 17.7 Å². The summed E-state index contributed by atoms with van der Waals surface area (Å²) in [5.74, 6) is -2.05. The SMILES string of the molecule is C/C(NCC(C)(C)O)=C(/C(=O)Nc1ccccc1)C(=O)Nc1ccc(Oc2ccnc3cc(C(=O)N4CCN(C)CC4)sc23)c(F)c1. The second-order valence-corrected chi connectivity index (χ2v) is 13.0. The third-order valence-corrected chi connectivity index (χ3v) is 8.56. The van der Waals surface area contributed by atoms with Gasteiger partial charge in [-0.25, -0.2) is 4.39 Å². The number of nitrogens with one attached hydrogen (secondary N) is 3. The first-order chi connectivity index (χ1) is 22.4. The highest BCUT2D eigenvalue weighted by Crippen LogP contribution is 2.36. The zero-order valence-electron chi connectivity index (χ0n) is 26.6. The number of allylic oxidation sites excluding steroid dienone is 1. The van der Waals surface area contributed by atoms with Gasteiger partial charge in [-0.15, -0.1) is 11.3 Å². The highest BCUT2D eigenvalue weighted by atomic mass is 32.1. The molecule has 0 saturated carbocycles. The largest absolute Gasteiger partial charge is 0.453 e. The predicted octanol–water partition coefficient (Wildman–Crippen LogP) is 4.83. The molecule has 4 N–H and O–H groups in total. The van der Waals surface area contributed by atoms with Gasteiger partial charge < -0.3 is 35.6 Å². The van der Waals surface area contributed by atoms with E-state index in [-0.39, 0.29) is 35.2 Å². The van der Waals surface area contributed by atoms with Crippen molar-refractivity contribution in [1.82, 2.24) is 20.1 Å². The van der Waals surface area contributed by atoms with Gasteiger partial charge in [0.2, 0.25) is 0 Å². The molecule has 11 nitrogen and oxygen atoms in total. The van der Waals surface area contributed by atoms with Gasteiger partial charge in [-0.3, -0.25) is 19.4 Å². The Morgan fingerprint density at radius 1 is 0.957 bits per heavy atom. The number of hydrogen-bond donors (Lipinski definition) is 4. The summed E-state index contributed by atoms with van der Waals surface area (Å²) in [6.07, 6.45) is 1.53. The Labute approximate surface area is 276 Å². The number of piperazine rings is 1. The van der Waals surface area contributed by atoms with Gasteiger partial charge in [0.1, 0.15) is 11.3 Å². The molecule has 0 spiro atoms. The molecule has 1 aliphatic heterocycles. The number of thiophene rings is 1. The van der Waals surface area contributed by atoms with Crippen LogP contribution in [0.2, 0.25) is 0 Å². The molecule has 1 aliphatic rings. The number of hydrogen-bond acceptors (Lipinski definition) is 9. The molecule has 0 bridgehead atoms. The van der Waals surface area contributed by atoms with Gasteiger partial charge in [-0.2, -0.15) is 0 Å². The van der Waals surface area contributed by atoms with E-state index >= 15 is 4.39 Å². The molecule has 2 aromatic heterocycles. The van der Waals surface area contributed by atoms with Crippen LogP contribution in [0.15, 0.2) is 78.1 Å². The van der Waals surface area contributed by atoms with Crippen LogP contribution in [-0.2, 0) is 9.59 Å². The smallest absolute Gasteiger partial charge is 0.264 e. The normalized spacial score (nSPS) is 14.4. The van der Waals surface area contributed by atoms with E-state index in [1.54, 1.807) is 63.2 Å². The van der Waals surface area contributed by atoms with Crippen molar-refractivity contribution in [2.75, 3.05) is 50.4 Å². The van der Waals surface area contributed by atoms with Crippen LogP contribution in [0.25, 0.3) is 10.2 Å². The van der Waals surface area contributed by atoms with Crippen LogP contribution in [0.1, 0.15) is 30.4 Å². The molecule has 0 aliphatic carbocycles. The van der Waals surface area contributed by atoms with Crippen molar-refractivity contribution in [3.05, 3.63) is 88.8 Å². The van der Waals surface area contributed by atoms with Crippen LogP contribution in [-0.4, -0.2) is 83.0 Å². The number of likely N-dealkylation sites (N-methyl/N-ethyl adjacent to an activating group) is 1. The lowest BCUT2D eigenvalue weighted by molar-refractivity contribution is -0.118. The number of anilines is 2. The van der Waals surface area contributed by atoms with Gasteiger partial charge in [-0.1, -0.05) is 18.2 Å². The van der Waals surface area contributed by atoms with E-state index in [1.807, 2.05) is 11.9 Å². The lowest BCUT2D eigenvalue weighted by Crippen LogP contribution is -2.46. The van der Waals surface area contributed by atoms with Crippen molar-refractivity contribution >= 4 is 50.6 Å². The molecule has 47 heavy (non-hydrogen) atoms. The molecule has 0 radical (unpaired) electrons. The van der Waals surface area contributed by atoms with Gasteiger partial charge in [0.15, 0.2) is 11.6 Å². The first-order valence-corrected chi connectivity index (χ1v) is 15.9. The first kappa shape index (κ1) is 33.5. The lowest BCUT2D eigenvalue weighted by atomic mass is 10.1. The van der Waals surface area contributed by atoms with E-state index in [0.717, 1.165) is 19.2 Å². The van der Waals surface area contributed by atoms with E-state index in [4.69, 9.17) is 4.74 Å². The predicted molar refractivity (Wildman–Crippen MR) is 180 cm³/mol. The Morgan fingerprint density at radius 2 is 1.64 bits per heavy atom. The summed E-state index contributed by atoms with van der Waals surface area (Å²) in [6.45, 7) is 7.68. The highest BCUT2D eigenvalue weighted by molar-refractivity contribution is 7.21. The Bertz CT molecular complexity index is 1810. The topological polar surface area (TPSA) is 136 Å². The maximum Gasteiger partial charge on any atom is 0.264 e. The van der Waals surface area contributed by atoms with Crippen LogP contribution in [0.5, 0.6) is 11.5 Å². The number of para-hydroxylation sites is 1. The van der Waals surface area contributed by atoms with Gasteiger partial charge in [-0.05, 0) is 58.2 Å². The fraction of sp³-hybridized carbons (Fsp3) is 0.294. The number of nitrogens with zero attached hydrogens (tertiary/aromatic N) is 3. The number of benzene rings is 2. The maximum atomic E-state index is 15.4. The summed E-state index contributed by atoms with van der Waals surface area (Å²) < 4.78 is 21.9. The summed E-state index contributed by atoms with van der Waals surface area (Å²) in [5.41, 5.74) is 0.0203. The number of aromatic nitrogens is 1. The highest BCUT2D eigenvalue weighted by Gasteiger charge is 2.25. The summed E-state index contributed by atoms with van der Waals surface area (Å²) in [5, 5.41) is 18.4. The summed E-state index contributed by atoms with van der Waals surface area (Å²) >= 11 is 1.24. The van der Waals surface area contributed by atoms with Gasteiger partial charge in [0, 0.05) is 68.1 Å². The number of halogens is 1. The second kappa shape index (κ2) is 14.3. The summed E-state index contributed by atoms with van der Waals surface area (Å²) in [4.78, 5) is 48.7. The van der Waals surface area contributed by atoms with Crippen molar-refractivity contribution < 1.29 is 28.6 Å². The Balaban J connectivity index is 1.33. The number of carbonyl (C=O) groups excluding carboxylic acids is 3. The number of pyridine rings is 1. The zero-order valence-corrected chi connectivity index (χ0v) is 27.4. The van der Waals surface area contributed by atoms with Crippen molar-refractivity contribution in [2.24, 2.45) is 0 Å². The molecule has 1 fully saturated rings. The molecule has 13 heteroatoms. The molecular formula is C34H37FN6O5S. The van der Waals surface area contributed by atoms with Crippen molar-refractivity contribution in [3.63, 3.8) is 0 Å². The van der Waals surface area contributed by atoms with Crippen LogP contribution in [0.3, 0.4) is 0 Å². The molecule has 5 rings (SSSR count). The number of ether oxygens (including phenoxy) is 1. The first-order valence-electron chi connectivity index (χ1n) is 15.1. The van der Waals surface area contributed by atoms with E-state index in [1.165, 1.54) is 29.7 Å². The average molecular weight is 661 g/mol. The minimum Gasteiger partial charge on any atom is -0.453 e. The minimum atomic E-state index is -1.11. The van der Waals surface area contributed by atoms with Crippen LogP contribution < -0.4 is 20.7 Å². The maximum absolute atomic E-state index is 15.4. The third-order valence-electron chi connectivity index (χ3n) is 7.43. The number of carbonyl (C=O) groups is 3. The Morgan fingerprint density at radius 3 is 2.30 bits per heavy atom. The van der Waals surface area contributed by atoms with E-state index in [9.17, 15) is 19.5 Å². The Hall–Kier alpha value is -4.85. The Kier molecular flexibility index (Phi) is 10.2. The van der Waals surface area contributed by atoms with Crippen LogP contribution in [0, 0.1) is 5.82 Å². The summed E-state index contributed by atoms with van der Waals surface area (Å²) in [7, 11) is 2.02. The standard InChI is InChI=1S/C34H37FN6O5S/c1-21(37-20-34(2,3)45)29(31(42)38-22-8-6-5-7-9-22)32(43)39-23-10-11-26(24(35)18-23)46-27-12-13-36-25-19-28(47-30(25)27)33(44)41-16-14-40(4)15-17-41/h5-13,18-19,37,45H,14-17,20H2,1-4H3,(H,38,42)(H,39,43)/b29-21+. The molecule has 3 heterocycles.